The summed E-state index contributed by atoms with van der Waals surface area (Å²) in [5.74, 6) is -1.51. The Labute approximate surface area is 172 Å². The Hall–Kier alpha value is -3.74. The van der Waals surface area contributed by atoms with E-state index in [1.54, 1.807) is 17.3 Å². The van der Waals surface area contributed by atoms with Crippen molar-refractivity contribution in [3.63, 3.8) is 0 Å². The lowest BCUT2D eigenvalue weighted by Gasteiger charge is -2.23. The number of amides is 2. The van der Waals surface area contributed by atoms with Crippen molar-refractivity contribution in [1.29, 1.82) is 0 Å². The minimum atomic E-state index is -0.816. The molecule has 2 aromatic carbocycles. The van der Waals surface area contributed by atoms with Crippen molar-refractivity contribution in [1.82, 2.24) is 14.9 Å². The molecule has 5 nitrogen and oxygen atoms in total. The molecule has 0 unspecified atom stereocenters. The first-order valence-corrected chi connectivity index (χ1v) is 9.55. The SMILES string of the molecule is O=C(Nc1ccc(F)cc1F)N(CCc1c[nH]c2ccccc12)Cc1ccncc1. The van der Waals surface area contributed by atoms with Crippen molar-refractivity contribution >= 4 is 22.6 Å². The van der Waals surface area contributed by atoms with E-state index in [1.165, 1.54) is 6.07 Å². The second kappa shape index (κ2) is 8.73. The van der Waals surface area contributed by atoms with Crippen LogP contribution in [-0.4, -0.2) is 27.4 Å². The number of hydrogen-bond donors (Lipinski definition) is 2. The lowest BCUT2D eigenvalue weighted by Crippen LogP contribution is -2.36. The standard InChI is InChI=1S/C23H20F2N4O/c24-18-5-6-22(20(25)13-18)28-23(30)29(15-16-7-10-26-11-8-16)12-9-17-14-27-21-4-2-1-3-19(17)21/h1-8,10-11,13-14,27H,9,12,15H2,(H,28,30). The van der Waals surface area contributed by atoms with Gasteiger partial charge < -0.3 is 15.2 Å². The molecule has 30 heavy (non-hydrogen) atoms. The molecule has 0 atom stereocenters. The van der Waals surface area contributed by atoms with Crippen LogP contribution < -0.4 is 5.32 Å². The van der Waals surface area contributed by atoms with E-state index in [2.05, 4.69) is 15.3 Å². The van der Waals surface area contributed by atoms with E-state index in [9.17, 15) is 13.6 Å². The number of rotatable bonds is 6. The maximum Gasteiger partial charge on any atom is 0.322 e. The Bertz CT molecular complexity index is 1160. The number of H-pyrrole nitrogens is 1. The van der Waals surface area contributed by atoms with E-state index in [0.29, 0.717) is 19.5 Å². The summed E-state index contributed by atoms with van der Waals surface area (Å²) in [6.45, 7) is 0.748. The van der Waals surface area contributed by atoms with Gasteiger partial charge in [0.2, 0.25) is 0 Å². The molecular weight excluding hydrogens is 386 g/mol. The molecular formula is C23H20F2N4O. The molecule has 152 valence electrons. The summed E-state index contributed by atoms with van der Waals surface area (Å²) in [7, 11) is 0. The van der Waals surface area contributed by atoms with Crippen molar-refractivity contribution in [2.45, 2.75) is 13.0 Å². The Morgan fingerprint density at radius 3 is 2.67 bits per heavy atom. The number of benzene rings is 2. The van der Waals surface area contributed by atoms with Crippen molar-refractivity contribution in [3.05, 3.63) is 95.9 Å². The molecule has 0 aliphatic carbocycles. The number of nitrogens with one attached hydrogen (secondary N) is 2. The highest BCUT2D eigenvalue weighted by molar-refractivity contribution is 5.89. The van der Waals surface area contributed by atoms with Gasteiger partial charge in [0.15, 0.2) is 0 Å². The smallest absolute Gasteiger partial charge is 0.322 e. The predicted octanol–water partition coefficient (Wildman–Crippen LogP) is 5.12. The molecule has 2 amide bonds. The van der Waals surface area contributed by atoms with Gasteiger partial charge in [0.05, 0.1) is 5.69 Å². The van der Waals surface area contributed by atoms with Gasteiger partial charge in [-0.25, -0.2) is 13.6 Å². The van der Waals surface area contributed by atoms with Gasteiger partial charge in [0.1, 0.15) is 11.6 Å². The summed E-state index contributed by atoms with van der Waals surface area (Å²) in [5.41, 5.74) is 2.96. The number of carbonyl (C=O) groups excluding carboxylic acids is 1. The number of nitrogens with zero attached hydrogens (tertiary/aromatic N) is 2. The molecule has 2 aromatic heterocycles. The van der Waals surface area contributed by atoms with Gasteiger partial charge in [0.25, 0.3) is 0 Å². The van der Waals surface area contributed by atoms with Gasteiger partial charge in [-0.15, -0.1) is 0 Å². The Kier molecular flexibility index (Phi) is 5.70. The number of aromatic amines is 1. The Morgan fingerprint density at radius 1 is 1.07 bits per heavy atom. The van der Waals surface area contributed by atoms with E-state index in [0.717, 1.165) is 34.2 Å². The second-order valence-electron chi connectivity index (χ2n) is 6.94. The molecule has 0 saturated heterocycles. The van der Waals surface area contributed by atoms with Crippen LogP contribution in [0.15, 0.2) is 73.2 Å². The number of para-hydroxylation sites is 1. The molecule has 4 aromatic rings. The van der Waals surface area contributed by atoms with E-state index in [4.69, 9.17) is 0 Å². The monoisotopic (exact) mass is 406 g/mol. The van der Waals surface area contributed by atoms with E-state index >= 15 is 0 Å². The second-order valence-corrected chi connectivity index (χ2v) is 6.94. The van der Waals surface area contributed by atoms with Gasteiger partial charge in [0, 0.05) is 48.6 Å². The Balaban J connectivity index is 1.53. The fourth-order valence-electron chi connectivity index (χ4n) is 3.34. The van der Waals surface area contributed by atoms with Gasteiger partial charge >= 0.3 is 6.03 Å². The molecule has 0 aliphatic rings. The highest BCUT2D eigenvalue weighted by Crippen LogP contribution is 2.20. The summed E-state index contributed by atoms with van der Waals surface area (Å²) in [5, 5.41) is 3.65. The Morgan fingerprint density at radius 2 is 1.87 bits per heavy atom. The average molecular weight is 406 g/mol. The van der Waals surface area contributed by atoms with Gasteiger partial charge in [-0.1, -0.05) is 18.2 Å². The molecule has 2 heterocycles. The summed E-state index contributed by atoms with van der Waals surface area (Å²) in [6.07, 6.45) is 5.87. The molecule has 7 heteroatoms. The van der Waals surface area contributed by atoms with Crippen molar-refractivity contribution < 1.29 is 13.6 Å². The summed E-state index contributed by atoms with van der Waals surface area (Å²) in [6, 6.07) is 14.2. The molecule has 4 rings (SSSR count). The highest BCUT2D eigenvalue weighted by Gasteiger charge is 2.17. The number of urea groups is 1. The largest absolute Gasteiger partial charge is 0.361 e. The van der Waals surface area contributed by atoms with Crippen LogP contribution in [0.25, 0.3) is 10.9 Å². The lowest BCUT2D eigenvalue weighted by molar-refractivity contribution is 0.209. The van der Waals surface area contributed by atoms with Gasteiger partial charge in [-0.2, -0.15) is 0 Å². The van der Waals surface area contributed by atoms with Crippen LogP contribution in [0.3, 0.4) is 0 Å². The number of halogens is 2. The van der Waals surface area contributed by atoms with Crippen LogP contribution in [0.2, 0.25) is 0 Å². The zero-order chi connectivity index (χ0) is 20.9. The van der Waals surface area contributed by atoms with Crippen LogP contribution in [0, 0.1) is 11.6 Å². The van der Waals surface area contributed by atoms with Crippen LogP contribution in [0.4, 0.5) is 19.3 Å². The third kappa shape index (κ3) is 4.46. The van der Waals surface area contributed by atoms with Crippen LogP contribution in [0.5, 0.6) is 0 Å². The zero-order valence-corrected chi connectivity index (χ0v) is 16.1. The topological polar surface area (TPSA) is 61.0 Å². The van der Waals surface area contributed by atoms with Crippen LogP contribution in [0.1, 0.15) is 11.1 Å². The van der Waals surface area contributed by atoms with E-state index in [-0.39, 0.29) is 5.69 Å². The number of pyridine rings is 1. The number of aromatic nitrogens is 2. The maximum atomic E-state index is 14.0. The zero-order valence-electron chi connectivity index (χ0n) is 16.1. The molecule has 0 spiro atoms. The van der Waals surface area contributed by atoms with Crippen molar-refractivity contribution in [3.8, 4) is 0 Å². The van der Waals surface area contributed by atoms with Gasteiger partial charge in [-0.05, 0) is 47.9 Å². The number of hydrogen-bond acceptors (Lipinski definition) is 2. The van der Waals surface area contributed by atoms with Crippen molar-refractivity contribution in [2.24, 2.45) is 0 Å². The predicted molar refractivity (Wildman–Crippen MR) is 112 cm³/mol. The summed E-state index contributed by atoms with van der Waals surface area (Å²) in [4.78, 5) is 21.7. The molecule has 0 aliphatic heterocycles. The number of carbonyl (C=O) groups is 1. The minimum absolute atomic E-state index is 0.0618. The van der Waals surface area contributed by atoms with Crippen LogP contribution in [-0.2, 0) is 13.0 Å². The highest BCUT2D eigenvalue weighted by atomic mass is 19.1. The first kappa shape index (κ1) is 19.6. The molecule has 0 bridgehead atoms. The summed E-state index contributed by atoms with van der Waals surface area (Å²) >= 11 is 0. The van der Waals surface area contributed by atoms with Crippen molar-refractivity contribution in [2.75, 3.05) is 11.9 Å². The third-order valence-electron chi connectivity index (χ3n) is 4.91. The molecule has 0 saturated carbocycles. The minimum Gasteiger partial charge on any atom is -0.361 e. The maximum absolute atomic E-state index is 14.0. The van der Waals surface area contributed by atoms with Crippen LogP contribution >= 0.6 is 0 Å². The fourth-order valence-corrected chi connectivity index (χ4v) is 3.34. The molecule has 0 radical (unpaired) electrons. The normalized spacial score (nSPS) is 10.9. The first-order valence-electron chi connectivity index (χ1n) is 9.55. The van der Waals surface area contributed by atoms with E-state index < -0.39 is 17.7 Å². The molecule has 2 N–H and O–H groups in total. The van der Waals surface area contributed by atoms with E-state index in [1.807, 2.05) is 42.6 Å². The first-order chi connectivity index (χ1) is 14.6. The average Bonchev–Trinajstić information content (AvgIpc) is 3.17. The number of anilines is 1. The van der Waals surface area contributed by atoms with Gasteiger partial charge in [-0.3, -0.25) is 4.98 Å². The quantitative estimate of drug-likeness (QED) is 0.467. The lowest BCUT2D eigenvalue weighted by atomic mass is 10.1. The fraction of sp³-hybridized carbons (Fsp3) is 0.130. The molecule has 0 fully saturated rings. The number of fused-ring (bicyclic) bond motifs is 1. The third-order valence-corrected chi connectivity index (χ3v) is 4.91. The summed E-state index contributed by atoms with van der Waals surface area (Å²) < 4.78 is 27.2.